The molecule has 2 amide bonds. The summed E-state index contributed by atoms with van der Waals surface area (Å²) in [4.78, 5) is 40.9. The molecule has 28 heavy (non-hydrogen) atoms. The van der Waals surface area contributed by atoms with Gasteiger partial charge in [-0.3, -0.25) is 19.3 Å². The maximum absolute atomic E-state index is 12.4. The van der Waals surface area contributed by atoms with Gasteiger partial charge in [0.05, 0.1) is 12.8 Å². The van der Waals surface area contributed by atoms with Crippen molar-refractivity contribution < 1.29 is 19.1 Å². The van der Waals surface area contributed by atoms with Gasteiger partial charge in [0.25, 0.3) is 5.91 Å². The van der Waals surface area contributed by atoms with Crippen molar-refractivity contribution in [3.05, 3.63) is 29.6 Å². The van der Waals surface area contributed by atoms with Crippen LogP contribution >= 0.6 is 11.3 Å². The van der Waals surface area contributed by atoms with Crippen molar-refractivity contribution in [2.45, 2.75) is 38.5 Å². The van der Waals surface area contributed by atoms with E-state index in [0.29, 0.717) is 24.4 Å². The van der Waals surface area contributed by atoms with Crippen LogP contribution in [0.25, 0.3) is 11.3 Å². The highest BCUT2D eigenvalue weighted by atomic mass is 32.1. The van der Waals surface area contributed by atoms with Crippen LogP contribution in [0, 0.1) is 0 Å². The zero-order valence-corrected chi connectivity index (χ0v) is 17.0. The summed E-state index contributed by atoms with van der Waals surface area (Å²) in [7, 11) is 3.16. The molecule has 0 atom stereocenters. The molecule has 1 aromatic heterocycles. The number of methoxy groups -OCH3 is 1. The molecule has 0 aliphatic rings. The number of primary amides is 1. The molecule has 0 aliphatic carbocycles. The zero-order valence-electron chi connectivity index (χ0n) is 16.1. The zero-order chi connectivity index (χ0) is 20.5. The number of hydrogen-bond acceptors (Lipinski definition) is 6. The second-order valence-electron chi connectivity index (χ2n) is 6.42. The Morgan fingerprint density at radius 1 is 1.14 bits per heavy atom. The molecule has 2 N–H and O–H groups in total. The minimum Gasteiger partial charge on any atom is -0.497 e. The molecule has 7 nitrogen and oxygen atoms in total. The molecule has 2 rings (SSSR count). The Morgan fingerprint density at radius 3 is 2.54 bits per heavy atom. The molecule has 0 saturated carbocycles. The number of anilines is 1. The lowest BCUT2D eigenvalue weighted by Crippen LogP contribution is -2.33. The number of unbranched alkanes of at least 4 members (excludes halogenated alkanes) is 3. The number of nitrogens with zero attached hydrogens (tertiary/aromatic N) is 2. The van der Waals surface area contributed by atoms with Crippen LogP contribution in [0.2, 0.25) is 0 Å². The third kappa shape index (κ3) is 6.16. The maximum atomic E-state index is 12.4. The highest BCUT2D eigenvalue weighted by molar-refractivity contribution is 7.14. The molecule has 150 valence electrons. The first-order chi connectivity index (χ1) is 13.4. The van der Waals surface area contributed by atoms with Crippen molar-refractivity contribution in [3.8, 4) is 17.0 Å². The minimum absolute atomic E-state index is 0.188. The molecule has 1 aromatic carbocycles. The quantitative estimate of drug-likeness (QED) is 0.458. The number of rotatable bonds is 11. The van der Waals surface area contributed by atoms with E-state index in [9.17, 15) is 14.4 Å². The van der Waals surface area contributed by atoms with E-state index in [1.807, 2.05) is 29.6 Å². The summed E-state index contributed by atoms with van der Waals surface area (Å²) >= 11 is 1.31. The Hall–Kier alpha value is -2.74. The van der Waals surface area contributed by atoms with Crippen molar-refractivity contribution in [2.24, 2.45) is 5.73 Å². The van der Waals surface area contributed by atoms with Crippen molar-refractivity contribution >= 4 is 34.1 Å². The topological polar surface area (TPSA) is 103 Å². The number of ether oxygens (including phenoxy) is 1. The number of carbonyl (C=O) groups excluding carboxylic acids is 3. The fourth-order valence-electron chi connectivity index (χ4n) is 2.65. The first-order valence-corrected chi connectivity index (χ1v) is 9.99. The smallest absolute Gasteiger partial charge is 0.295 e. The number of hydrogen-bond donors (Lipinski definition) is 1. The lowest BCUT2D eigenvalue weighted by molar-refractivity contribution is -0.136. The first-order valence-electron chi connectivity index (χ1n) is 9.11. The number of likely N-dealkylation sites (N-methyl/N-ethyl adjacent to an activating group) is 1. The van der Waals surface area contributed by atoms with E-state index < -0.39 is 11.7 Å². The largest absolute Gasteiger partial charge is 0.497 e. The maximum Gasteiger partial charge on any atom is 0.295 e. The van der Waals surface area contributed by atoms with Gasteiger partial charge in [0.2, 0.25) is 11.7 Å². The molecule has 0 spiro atoms. The minimum atomic E-state index is -0.566. The number of thiazole rings is 1. The van der Waals surface area contributed by atoms with Crippen molar-refractivity contribution in [3.63, 3.8) is 0 Å². The van der Waals surface area contributed by atoms with E-state index in [2.05, 4.69) is 4.98 Å². The summed E-state index contributed by atoms with van der Waals surface area (Å²) in [5.41, 5.74) is 6.68. The van der Waals surface area contributed by atoms with E-state index in [0.717, 1.165) is 29.8 Å². The molecule has 0 unspecified atom stereocenters. The lowest BCUT2D eigenvalue weighted by atomic mass is 10.1. The third-order valence-electron chi connectivity index (χ3n) is 4.26. The third-order valence-corrected chi connectivity index (χ3v) is 5.18. The average Bonchev–Trinajstić information content (AvgIpc) is 3.19. The number of carbonyl (C=O) groups is 3. The molecule has 8 heteroatoms. The Kier molecular flexibility index (Phi) is 8.13. The lowest BCUT2D eigenvalue weighted by Gasteiger charge is -2.12. The summed E-state index contributed by atoms with van der Waals surface area (Å²) in [5, 5.41) is 2.31. The Balaban J connectivity index is 1.88. The van der Waals surface area contributed by atoms with Gasteiger partial charge in [0.1, 0.15) is 5.75 Å². The van der Waals surface area contributed by atoms with Crippen LogP contribution in [0.4, 0.5) is 5.13 Å². The van der Waals surface area contributed by atoms with E-state index in [4.69, 9.17) is 10.5 Å². The Bertz CT molecular complexity index is 834. The molecule has 0 aliphatic heterocycles. The van der Waals surface area contributed by atoms with E-state index in [1.165, 1.54) is 16.2 Å². The highest BCUT2D eigenvalue weighted by Gasteiger charge is 2.21. The van der Waals surface area contributed by atoms with Gasteiger partial charge in [0, 0.05) is 30.8 Å². The van der Waals surface area contributed by atoms with Crippen molar-refractivity contribution in [1.29, 1.82) is 0 Å². The van der Waals surface area contributed by atoms with Gasteiger partial charge in [-0.15, -0.1) is 11.3 Å². The predicted molar refractivity (Wildman–Crippen MR) is 109 cm³/mol. The Labute approximate surface area is 168 Å². The van der Waals surface area contributed by atoms with E-state index in [1.54, 1.807) is 14.2 Å². The predicted octanol–water partition coefficient (Wildman–Crippen LogP) is 3.18. The van der Waals surface area contributed by atoms with Crippen molar-refractivity contribution in [2.75, 3.05) is 19.1 Å². The average molecular weight is 404 g/mol. The van der Waals surface area contributed by atoms with Gasteiger partial charge >= 0.3 is 0 Å². The number of Topliss-reactive ketones (excluding diaryl/α,β-unsaturated/α-hetero) is 1. The molecular weight excluding hydrogens is 378 g/mol. The monoisotopic (exact) mass is 403 g/mol. The Morgan fingerprint density at radius 2 is 1.86 bits per heavy atom. The van der Waals surface area contributed by atoms with Gasteiger partial charge in [-0.05, 0) is 25.0 Å². The molecule has 0 fully saturated rings. The number of aromatic nitrogens is 1. The fourth-order valence-corrected chi connectivity index (χ4v) is 3.45. The number of benzene rings is 1. The SMILES string of the molecule is COc1cccc(-c2csc(N(C)C(=O)C(=O)CCCCCCC(N)=O)n2)c1. The molecule has 0 bridgehead atoms. The van der Waals surface area contributed by atoms with Crippen LogP contribution in [0.5, 0.6) is 5.75 Å². The fraction of sp³-hybridized carbons (Fsp3) is 0.400. The number of amides is 2. The van der Waals surface area contributed by atoms with Crippen LogP contribution in [0.3, 0.4) is 0 Å². The molecular formula is C20H25N3O4S. The number of ketones is 1. The highest BCUT2D eigenvalue weighted by Crippen LogP contribution is 2.29. The number of nitrogens with two attached hydrogens (primary N) is 1. The van der Waals surface area contributed by atoms with Crippen LogP contribution < -0.4 is 15.4 Å². The second kappa shape index (κ2) is 10.6. The first kappa shape index (κ1) is 21.6. The summed E-state index contributed by atoms with van der Waals surface area (Å²) in [6, 6.07) is 7.49. The van der Waals surface area contributed by atoms with Crippen LogP contribution in [0.15, 0.2) is 29.6 Å². The summed E-state index contributed by atoms with van der Waals surface area (Å²) in [6.45, 7) is 0. The van der Waals surface area contributed by atoms with Gasteiger partial charge < -0.3 is 10.5 Å². The summed E-state index contributed by atoms with van der Waals surface area (Å²) in [5.74, 6) is -0.591. The molecule has 0 radical (unpaired) electrons. The van der Waals surface area contributed by atoms with Crippen LogP contribution in [0.1, 0.15) is 38.5 Å². The second-order valence-corrected chi connectivity index (χ2v) is 7.25. The van der Waals surface area contributed by atoms with Crippen LogP contribution in [-0.2, 0) is 14.4 Å². The van der Waals surface area contributed by atoms with E-state index in [-0.39, 0.29) is 12.3 Å². The van der Waals surface area contributed by atoms with Gasteiger partial charge in [-0.2, -0.15) is 0 Å². The van der Waals surface area contributed by atoms with Crippen molar-refractivity contribution in [1.82, 2.24) is 4.98 Å². The van der Waals surface area contributed by atoms with E-state index >= 15 is 0 Å². The summed E-state index contributed by atoms with van der Waals surface area (Å²) < 4.78 is 5.22. The molecule has 0 saturated heterocycles. The van der Waals surface area contributed by atoms with Gasteiger partial charge in [0.15, 0.2) is 5.13 Å². The molecule has 2 aromatic rings. The molecule has 1 heterocycles. The van der Waals surface area contributed by atoms with Gasteiger partial charge in [-0.1, -0.05) is 25.0 Å². The van der Waals surface area contributed by atoms with Crippen LogP contribution in [-0.4, -0.2) is 36.7 Å². The standard InChI is InChI=1S/C20H25N3O4S/c1-23(19(26)17(24)10-5-3-4-6-11-18(21)25)20-22-16(13-28-20)14-8-7-9-15(12-14)27-2/h7-9,12-13H,3-6,10-11H2,1-2H3,(H2,21,25). The summed E-state index contributed by atoms with van der Waals surface area (Å²) in [6.07, 6.45) is 3.47. The van der Waals surface area contributed by atoms with Gasteiger partial charge in [-0.25, -0.2) is 4.98 Å². The normalized spacial score (nSPS) is 10.5.